The Labute approximate surface area is 138 Å². The van der Waals surface area contributed by atoms with E-state index in [-0.39, 0.29) is 24.2 Å². The smallest absolute Gasteiger partial charge is 0.222 e. The minimum Gasteiger partial charge on any atom is -0.356 e. The minimum atomic E-state index is 0. The molecular weight excluding hydrogens is 310 g/mol. The normalized spacial score (nSPS) is 17.7. The van der Waals surface area contributed by atoms with Crippen molar-refractivity contribution in [3.8, 4) is 0 Å². The molecule has 1 unspecified atom stereocenters. The van der Waals surface area contributed by atoms with E-state index in [0.29, 0.717) is 31.8 Å². The van der Waals surface area contributed by atoms with Crippen molar-refractivity contribution in [1.82, 2.24) is 15.5 Å². The second-order valence-electron chi connectivity index (χ2n) is 4.95. The molecule has 5 nitrogen and oxygen atoms in total. The van der Waals surface area contributed by atoms with Crippen LogP contribution in [0.15, 0.2) is 0 Å². The molecule has 0 aliphatic carbocycles. The van der Waals surface area contributed by atoms with Crippen molar-refractivity contribution in [2.45, 2.75) is 39.2 Å². The summed E-state index contributed by atoms with van der Waals surface area (Å²) in [4.78, 5) is 25.3. The molecule has 1 atom stereocenters. The highest BCUT2D eigenvalue weighted by molar-refractivity contribution is 7.99. The summed E-state index contributed by atoms with van der Waals surface area (Å²) < 4.78 is 0. The van der Waals surface area contributed by atoms with E-state index in [1.165, 1.54) is 0 Å². The predicted molar refractivity (Wildman–Crippen MR) is 91.2 cm³/mol. The van der Waals surface area contributed by atoms with Crippen LogP contribution >= 0.6 is 24.2 Å². The molecule has 0 saturated carbocycles. The van der Waals surface area contributed by atoms with Crippen molar-refractivity contribution < 1.29 is 9.59 Å². The SMILES string of the molecule is CCN(CC)C(=O)CCCNC(=O)CC1CSCCN1.Cl. The van der Waals surface area contributed by atoms with Crippen molar-refractivity contribution in [3.63, 3.8) is 0 Å². The van der Waals surface area contributed by atoms with Gasteiger partial charge in [-0.2, -0.15) is 11.8 Å². The van der Waals surface area contributed by atoms with Gasteiger partial charge in [-0.25, -0.2) is 0 Å². The Morgan fingerprint density at radius 2 is 2.05 bits per heavy atom. The predicted octanol–water partition coefficient (Wildman–Crippen LogP) is 1.27. The van der Waals surface area contributed by atoms with Crippen LogP contribution in [-0.2, 0) is 9.59 Å². The van der Waals surface area contributed by atoms with Crippen LogP contribution in [0.1, 0.15) is 33.1 Å². The molecule has 2 N–H and O–H groups in total. The molecule has 0 aromatic carbocycles. The summed E-state index contributed by atoms with van der Waals surface area (Å²) in [6.07, 6.45) is 1.77. The van der Waals surface area contributed by atoms with Gasteiger partial charge in [0.2, 0.25) is 11.8 Å². The Morgan fingerprint density at radius 3 is 2.62 bits per heavy atom. The zero-order chi connectivity index (χ0) is 14.8. The monoisotopic (exact) mass is 337 g/mol. The molecule has 1 heterocycles. The number of amides is 2. The second-order valence-corrected chi connectivity index (χ2v) is 6.10. The molecule has 21 heavy (non-hydrogen) atoms. The third kappa shape index (κ3) is 8.53. The topological polar surface area (TPSA) is 61.4 Å². The zero-order valence-electron chi connectivity index (χ0n) is 13.0. The lowest BCUT2D eigenvalue weighted by Crippen LogP contribution is -2.41. The van der Waals surface area contributed by atoms with Gasteiger partial charge in [-0.05, 0) is 20.3 Å². The summed E-state index contributed by atoms with van der Waals surface area (Å²) in [6.45, 7) is 7.06. The van der Waals surface area contributed by atoms with Gasteiger partial charge >= 0.3 is 0 Å². The quantitative estimate of drug-likeness (QED) is 0.655. The van der Waals surface area contributed by atoms with Crippen molar-refractivity contribution in [1.29, 1.82) is 0 Å². The number of carbonyl (C=O) groups excluding carboxylic acids is 2. The minimum absolute atomic E-state index is 0. The summed E-state index contributed by atoms with van der Waals surface area (Å²) in [5.74, 6) is 2.40. The second kappa shape index (κ2) is 12.1. The molecule has 0 aromatic rings. The number of thioether (sulfide) groups is 1. The van der Waals surface area contributed by atoms with Crippen LogP contribution in [0.3, 0.4) is 0 Å². The van der Waals surface area contributed by atoms with Gasteiger partial charge in [0.15, 0.2) is 0 Å². The lowest BCUT2D eigenvalue weighted by molar-refractivity contribution is -0.131. The number of halogens is 1. The molecule has 0 aromatic heterocycles. The zero-order valence-corrected chi connectivity index (χ0v) is 14.7. The third-order valence-electron chi connectivity index (χ3n) is 3.44. The van der Waals surface area contributed by atoms with E-state index < -0.39 is 0 Å². The summed E-state index contributed by atoms with van der Waals surface area (Å²) >= 11 is 1.89. The highest BCUT2D eigenvalue weighted by atomic mass is 35.5. The number of hydrogen-bond donors (Lipinski definition) is 2. The van der Waals surface area contributed by atoms with Gasteiger partial charge in [-0.1, -0.05) is 0 Å². The lowest BCUT2D eigenvalue weighted by atomic mass is 10.2. The van der Waals surface area contributed by atoms with Crippen molar-refractivity contribution in [3.05, 3.63) is 0 Å². The largest absolute Gasteiger partial charge is 0.356 e. The first kappa shape index (κ1) is 20.5. The number of hydrogen-bond acceptors (Lipinski definition) is 4. The fourth-order valence-electron chi connectivity index (χ4n) is 2.25. The number of rotatable bonds is 8. The van der Waals surface area contributed by atoms with E-state index >= 15 is 0 Å². The first-order valence-electron chi connectivity index (χ1n) is 7.53. The molecule has 0 spiro atoms. The van der Waals surface area contributed by atoms with Gasteiger partial charge in [0.25, 0.3) is 0 Å². The van der Waals surface area contributed by atoms with Gasteiger partial charge in [-0.15, -0.1) is 12.4 Å². The van der Waals surface area contributed by atoms with Gasteiger partial charge in [0, 0.05) is 56.6 Å². The van der Waals surface area contributed by atoms with E-state index in [9.17, 15) is 9.59 Å². The molecule has 0 radical (unpaired) electrons. The molecule has 1 aliphatic heterocycles. The molecule has 2 amide bonds. The number of nitrogens with zero attached hydrogens (tertiary/aromatic N) is 1. The number of nitrogens with one attached hydrogen (secondary N) is 2. The summed E-state index contributed by atoms with van der Waals surface area (Å²) in [7, 11) is 0. The molecular formula is C14H28ClN3O2S. The fourth-order valence-corrected chi connectivity index (χ4v) is 3.20. The molecule has 124 valence electrons. The van der Waals surface area contributed by atoms with E-state index in [1.807, 2.05) is 30.5 Å². The third-order valence-corrected chi connectivity index (χ3v) is 4.57. The molecule has 0 bridgehead atoms. The van der Waals surface area contributed by atoms with Crippen LogP contribution in [0.5, 0.6) is 0 Å². The van der Waals surface area contributed by atoms with Crippen molar-refractivity contribution in [2.24, 2.45) is 0 Å². The maximum absolute atomic E-state index is 11.8. The molecule has 1 aliphatic rings. The maximum atomic E-state index is 11.8. The van der Waals surface area contributed by atoms with Crippen LogP contribution in [-0.4, -0.2) is 60.4 Å². The van der Waals surface area contributed by atoms with Crippen LogP contribution in [0, 0.1) is 0 Å². The maximum Gasteiger partial charge on any atom is 0.222 e. The van der Waals surface area contributed by atoms with Crippen LogP contribution in [0.25, 0.3) is 0 Å². The Bertz CT molecular complexity index is 309. The van der Waals surface area contributed by atoms with Gasteiger partial charge in [0.1, 0.15) is 0 Å². The summed E-state index contributed by atoms with van der Waals surface area (Å²) in [6, 6.07) is 0.297. The van der Waals surface area contributed by atoms with Gasteiger partial charge in [-0.3, -0.25) is 9.59 Å². The van der Waals surface area contributed by atoms with E-state index in [1.54, 1.807) is 0 Å². The average Bonchev–Trinajstić information content (AvgIpc) is 2.46. The van der Waals surface area contributed by atoms with Crippen LogP contribution < -0.4 is 10.6 Å². The highest BCUT2D eigenvalue weighted by Crippen LogP contribution is 2.09. The fraction of sp³-hybridized carbons (Fsp3) is 0.857. The Balaban J connectivity index is 0.00000400. The summed E-state index contributed by atoms with van der Waals surface area (Å²) in [5.41, 5.74) is 0. The average molecular weight is 338 g/mol. The van der Waals surface area contributed by atoms with Gasteiger partial charge < -0.3 is 15.5 Å². The Hall–Kier alpha value is -0.460. The first-order valence-corrected chi connectivity index (χ1v) is 8.68. The van der Waals surface area contributed by atoms with Gasteiger partial charge in [0.05, 0.1) is 0 Å². The number of carbonyl (C=O) groups is 2. The lowest BCUT2D eigenvalue weighted by Gasteiger charge is -2.22. The Morgan fingerprint density at radius 1 is 1.33 bits per heavy atom. The van der Waals surface area contributed by atoms with E-state index in [0.717, 1.165) is 31.1 Å². The molecule has 7 heteroatoms. The standard InChI is InChI=1S/C14H27N3O2S.ClH/c1-3-17(4-2)14(19)6-5-7-16-13(18)10-12-11-20-9-8-15-12;/h12,15H,3-11H2,1-2H3,(H,16,18);1H. The van der Waals surface area contributed by atoms with E-state index in [4.69, 9.17) is 0 Å². The van der Waals surface area contributed by atoms with Crippen LogP contribution in [0.4, 0.5) is 0 Å². The Kier molecular flexibility index (Phi) is 11.9. The first-order chi connectivity index (χ1) is 9.67. The van der Waals surface area contributed by atoms with E-state index in [2.05, 4.69) is 10.6 Å². The van der Waals surface area contributed by atoms with Crippen LogP contribution in [0.2, 0.25) is 0 Å². The van der Waals surface area contributed by atoms with Crippen molar-refractivity contribution >= 4 is 36.0 Å². The van der Waals surface area contributed by atoms with Crippen molar-refractivity contribution in [2.75, 3.05) is 37.7 Å². The molecule has 1 fully saturated rings. The molecule has 1 rings (SSSR count). The molecule has 1 saturated heterocycles. The highest BCUT2D eigenvalue weighted by Gasteiger charge is 2.16. The summed E-state index contributed by atoms with van der Waals surface area (Å²) in [5, 5.41) is 6.25.